The van der Waals surface area contributed by atoms with Crippen LogP contribution < -0.4 is 5.32 Å². The Morgan fingerprint density at radius 3 is 2.58 bits per heavy atom. The number of aromatic hydroxyl groups is 1. The van der Waals surface area contributed by atoms with Gasteiger partial charge in [0, 0.05) is 11.6 Å². The van der Waals surface area contributed by atoms with Crippen molar-refractivity contribution in [3.8, 4) is 16.9 Å². The SMILES string of the molecule is CCOC(=O)CNC(=O)c1cc(-c2ccc(F)cc2F)ccc1O. The third kappa shape index (κ3) is 4.07. The fourth-order valence-corrected chi connectivity index (χ4v) is 2.07. The Hall–Kier alpha value is -2.96. The van der Waals surface area contributed by atoms with E-state index in [0.29, 0.717) is 0 Å². The van der Waals surface area contributed by atoms with Gasteiger partial charge in [0.25, 0.3) is 5.91 Å². The minimum Gasteiger partial charge on any atom is -0.507 e. The average molecular weight is 335 g/mol. The zero-order valence-electron chi connectivity index (χ0n) is 12.8. The van der Waals surface area contributed by atoms with E-state index < -0.39 is 23.5 Å². The predicted molar refractivity (Wildman–Crippen MR) is 82.4 cm³/mol. The first-order valence-corrected chi connectivity index (χ1v) is 7.14. The Labute approximate surface area is 136 Å². The highest BCUT2D eigenvalue weighted by Gasteiger charge is 2.15. The zero-order valence-corrected chi connectivity index (χ0v) is 12.8. The summed E-state index contributed by atoms with van der Waals surface area (Å²) in [6.07, 6.45) is 0. The van der Waals surface area contributed by atoms with Crippen molar-refractivity contribution in [3.63, 3.8) is 0 Å². The molecule has 2 aromatic rings. The summed E-state index contributed by atoms with van der Waals surface area (Å²) in [6.45, 7) is 1.45. The number of ether oxygens (including phenoxy) is 1. The lowest BCUT2D eigenvalue weighted by atomic mass is 10.0. The molecule has 0 atom stereocenters. The van der Waals surface area contributed by atoms with E-state index in [1.807, 2.05) is 0 Å². The van der Waals surface area contributed by atoms with Crippen LogP contribution in [0.5, 0.6) is 5.75 Å². The summed E-state index contributed by atoms with van der Waals surface area (Å²) >= 11 is 0. The minimum absolute atomic E-state index is 0.0795. The van der Waals surface area contributed by atoms with Gasteiger partial charge in [0.2, 0.25) is 0 Å². The monoisotopic (exact) mass is 335 g/mol. The van der Waals surface area contributed by atoms with E-state index in [-0.39, 0.29) is 35.6 Å². The van der Waals surface area contributed by atoms with Crippen LogP contribution in [0.1, 0.15) is 17.3 Å². The van der Waals surface area contributed by atoms with Gasteiger partial charge < -0.3 is 15.2 Å². The van der Waals surface area contributed by atoms with E-state index in [9.17, 15) is 23.5 Å². The molecule has 0 aliphatic rings. The molecule has 5 nitrogen and oxygen atoms in total. The third-order valence-corrected chi connectivity index (χ3v) is 3.18. The van der Waals surface area contributed by atoms with Crippen molar-refractivity contribution < 1.29 is 28.2 Å². The van der Waals surface area contributed by atoms with Gasteiger partial charge in [-0.15, -0.1) is 0 Å². The predicted octanol–water partition coefficient (Wildman–Crippen LogP) is 2.63. The fraction of sp³-hybridized carbons (Fsp3) is 0.176. The van der Waals surface area contributed by atoms with Gasteiger partial charge in [-0.3, -0.25) is 9.59 Å². The van der Waals surface area contributed by atoms with Crippen molar-refractivity contribution in [2.24, 2.45) is 0 Å². The maximum absolute atomic E-state index is 13.8. The van der Waals surface area contributed by atoms with Gasteiger partial charge in [0.1, 0.15) is 23.9 Å². The Morgan fingerprint density at radius 1 is 1.17 bits per heavy atom. The molecule has 0 spiro atoms. The molecule has 2 rings (SSSR count). The number of amides is 1. The Bertz CT molecular complexity index is 777. The molecular formula is C17H15F2NO4. The molecule has 0 aliphatic heterocycles. The lowest BCUT2D eigenvalue weighted by molar-refractivity contribution is -0.141. The molecule has 24 heavy (non-hydrogen) atoms. The number of esters is 1. The van der Waals surface area contributed by atoms with Crippen molar-refractivity contribution >= 4 is 11.9 Å². The Kier molecular flexibility index (Phi) is 5.47. The molecule has 0 bridgehead atoms. The van der Waals surface area contributed by atoms with Crippen LogP contribution in [-0.2, 0) is 9.53 Å². The highest BCUT2D eigenvalue weighted by Crippen LogP contribution is 2.28. The van der Waals surface area contributed by atoms with Gasteiger partial charge in [-0.05, 0) is 36.8 Å². The minimum atomic E-state index is -0.793. The fourth-order valence-electron chi connectivity index (χ4n) is 2.07. The van der Waals surface area contributed by atoms with E-state index in [4.69, 9.17) is 0 Å². The first kappa shape index (κ1) is 17.4. The van der Waals surface area contributed by atoms with Gasteiger partial charge in [-0.2, -0.15) is 0 Å². The topological polar surface area (TPSA) is 75.6 Å². The number of benzene rings is 2. The molecule has 2 N–H and O–H groups in total. The molecule has 0 aliphatic carbocycles. The number of phenolic OH excluding ortho intramolecular Hbond substituents is 1. The van der Waals surface area contributed by atoms with Crippen LogP contribution in [0, 0.1) is 11.6 Å². The van der Waals surface area contributed by atoms with Crippen molar-refractivity contribution in [1.82, 2.24) is 5.32 Å². The van der Waals surface area contributed by atoms with E-state index in [0.717, 1.165) is 12.1 Å². The molecule has 0 saturated carbocycles. The molecule has 1 amide bonds. The molecule has 0 aromatic heterocycles. The molecule has 0 heterocycles. The van der Waals surface area contributed by atoms with Crippen LogP contribution in [0.15, 0.2) is 36.4 Å². The van der Waals surface area contributed by atoms with Crippen LogP contribution >= 0.6 is 0 Å². The van der Waals surface area contributed by atoms with Crippen LogP contribution in [0.2, 0.25) is 0 Å². The lowest BCUT2D eigenvalue weighted by Gasteiger charge is -2.09. The summed E-state index contributed by atoms with van der Waals surface area (Å²) in [5.74, 6) is -3.18. The number of halogens is 2. The third-order valence-electron chi connectivity index (χ3n) is 3.18. The first-order valence-electron chi connectivity index (χ1n) is 7.14. The molecule has 0 unspecified atom stereocenters. The number of rotatable bonds is 5. The van der Waals surface area contributed by atoms with Crippen molar-refractivity contribution in [3.05, 3.63) is 53.6 Å². The van der Waals surface area contributed by atoms with Crippen molar-refractivity contribution in [2.45, 2.75) is 6.92 Å². The summed E-state index contributed by atoms with van der Waals surface area (Å²) in [4.78, 5) is 23.3. The number of carbonyl (C=O) groups excluding carboxylic acids is 2. The van der Waals surface area contributed by atoms with Gasteiger partial charge in [-0.25, -0.2) is 8.78 Å². The quantitative estimate of drug-likeness (QED) is 0.824. The second-order valence-corrected chi connectivity index (χ2v) is 4.84. The smallest absolute Gasteiger partial charge is 0.325 e. The van der Waals surface area contributed by atoms with E-state index in [1.165, 1.54) is 24.3 Å². The summed E-state index contributed by atoms with van der Waals surface area (Å²) in [5, 5.41) is 12.1. The largest absolute Gasteiger partial charge is 0.507 e. The van der Waals surface area contributed by atoms with Crippen LogP contribution in [0.25, 0.3) is 11.1 Å². The summed E-state index contributed by atoms with van der Waals surface area (Å²) in [5.41, 5.74) is 0.225. The van der Waals surface area contributed by atoms with Gasteiger partial charge in [-0.1, -0.05) is 6.07 Å². The summed E-state index contributed by atoms with van der Waals surface area (Å²) < 4.78 is 31.5. The number of hydrogen-bond acceptors (Lipinski definition) is 4. The van der Waals surface area contributed by atoms with Crippen molar-refractivity contribution in [2.75, 3.05) is 13.2 Å². The normalized spacial score (nSPS) is 10.3. The van der Waals surface area contributed by atoms with Crippen LogP contribution in [0.3, 0.4) is 0 Å². The lowest BCUT2D eigenvalue weighted by Crippen LogP contribution is -2.30. The maximum Gasteiger partial charge on any atom is 0.325 e. The van der Waals surface area contributed by atoms with E-state index >= 15 is 0 Å². The number of nitrogens with one attached hydrogen (secondary N) is 1. The first-order chi connectivity index (χ1) is 11.4. The number of hydrogen-bond donors (Lipinski definition) is 2. The molecule has 0 radical (unpaired) electrons. The summed E-state index contributed by atoms with van der Waals surface area (Å²) in [6, 6.07) is 6.92. The highest BCUT2D eigenvalue weighted by molar-refractivity contribution is 5.99. The Morgan fingerprint density at radius 2 is 1.92 bits per heavy atom. The molecule has 0 fully saturated rings. The standard InChI is InChI=1S/C17H15F2NO4/c1-2-24-16(22)9-20-17(23)13-7-10(3-6-15(13)21)12-5-4-11(18)8-14(12)19/h3-8,21H,2,9H2,1H3,(H,20,23). The van der Waals surface area contributed by atoms with Crippen LogP contribution in [-0.4, -0.2) is 30.1 Å². The zero-order chi connectivity index (χ0) is 17.7. The highest BCUT2D eigenvalue weighted by atomic mass is 19.1. The van der Waals surface area contributed by atoms with Gasteiger partial charge in [0.15, 0.2) is 0 Å². The molecule has 0 saturated heterocycles. The second-order valence-electron chi connectivity index (χ2n) is 4.84. The maximum atomic E-state index is 13.8. The molecule has 126 valence electrons. The van der Waals surface area contributed by atoms with E-state index in [2.05, 4.69) is 10.1 Å². The number of phenols is 1. The average Bonchev–Trinajstić information content (AvgIpc) is 2.54. The number of carbonyl (C=O) groups is 2. The molecule has 7 heteroatoms. The summed E-state index contributed by atoms with van der Waals surface area (Å²) in [7, 11) is 0. The van der Waals surface area contributed by atoms with Gasteiger partial charge in [0.05, 0.1) is 12.2 Å². The second kappa shape index (κ2) is 7.54. The molecular weight excluding hydrogens is 320 g/mol. The van der Waals surface area contributed by atoms with Gasteiger partial charge >= 0.3 is 5.97 Å². The Balaban J connectivity index is 2.25. The van der Waals surface area contributed by atoms with Crippen LogP contribution in [0.4, 0.5) is 8.78 Å². The van der Waals surface area contributed by atoms with Crippen molar-refractivity contribution in [1.29, 1.82) is 0 Å². The van der Waals surface area contributed by atoms with E-state index in [1.54, 1.807) is 6.92 Å². The molecule has 2 aromatic carbocycles.